The first-order chi connectivity index (χ1) is 13.2. The molecule has 4 heteroatoms. The van der Waals surface area contributed by atoms with E-state index in [2.05, 4.69) is 41.3 Å². The Hall–Kier alpha value is -3.01. The van der Waals surface area contributed by atoms with Gasteiger partial charge in [0.15, 0.2) is 0 Å². The van der Waals surface area contributed by atoms with Crippen molar-refractivity contribution in [2.24, 2.45) is 0 Å². The van der Waals surface area contributed by atoms with Crippen LogP contribution in [-0.4, -0.2) is 18.3 Å². The number of hydrogen-bond donors (Lipinski definition) is 0. The monoisotopic (exact) mass is 359 g/mol. The summed E-state index contributed by atoms with van der Waals surface area (Å²) in [6, 6.07) is 22.8. The van der Waals surface area contributed by atoms with Crippen molar-refractivity contribution in [1.29, 1.82) is 0 Å². The Morgan fingerprint density at radius 1 is 1.11 bits per heavy atom. The van der Waals surface area contributed by atoms with Crippen LogP contribution in [0.1, 0.15) is 31.4 Å². The highest BCUT2D eigenvalue weighted by Crippen LogP contribution is 2.55. The molecule has 2 aliphatic rings. The smallest absolute Gasteiger partial charge is 0.372 e. The third-order valence-corrected chi connectivity index (χ3v) is 5.61. The summed E-state index contributed by atoms with van der Waals surface area (Å²) in [6.45, 7) is 2.17. The minimum atomic E-state index is -1.06. The van der Waals surface area contributed by atoms with Crippen molar-refractivity contribution in [3.8, 4) is 5.75 Å². The fourth-order valence-electron chi connectivity index (χ4n) is 4.44. The quantitative estimate of drug-likeness (QED) is 0.628. The number of benzene rings is 3. The fraction of sp³-hybridized carbons (Fsp3) is 0.261. The number of carbonyl (C=O) groups is 1. The Morgan fingerprint density at radius 3 is 2.74 bits per heavy atom. The number of rotatable bonds is 3. The normalized spacial score (nSPS) is 23.0. The van der Waals surface area contributed by atoms with Gasteiger partial charge in [0, 0.05) is 6.42 Å². The van der Waals surface area contributed by atoms with Gasteiger partial charge >= 0.3 is 5.97 Å². The molecule has 0 saturated carbocycles. The second kappa shape index (κ2) is 6.02. The second-order valence-electron chi connectivity index (χ2n) is 7.11. The molecular weight excluding hydrogens is 338 g/mol. The van der Waals surface area contributed by atoms with E-state index < -0.39 is 5.72 Å². The van der Waals surface area contributed by atoms with Gasteiger partial charge in [-0.1, -0.05) is 48.5 Å². The van der Waals surface area contributed by atoms with Crippen molar-refractivity contribution in [2.75, 3.05) is 11.5 Å². The number of hydrogen-bond acceptors (Lipinski definition) is 4. The Kier molecular flexibility index (Phi) is 3.61. The molecule has 0 spiro atoms. The van der Waals surface area contributed by atoms with Crippen LogP contribution in [0.3, 0.4) is 0 Å². The van der Waals surface area contributed by atoms with E-state index in [1.54, 1.807) is 0 Å². The van der Waals surface area contributed by atoms with Crippen LogP contribution in [0, 0.1) is 0 Å². The predicted octanol–water partition coefficient (Wildman–Crippen LogP) is 4.83. The van der Waals surface area contributed by atoms with E-state index in [0.29, 0.717) is 13.0 Å². The maximum atomic E-state index is 12.9. The molecule has 0 bridgehead atoms. The molecule has 27 heavy (non-hydrogen) atoms. The van der Waals surface area contributed by atoms with Crippen LogP contribution >= 0.6 is 0 Å². The Balaban J connectivity index is 1.62. The van der Waals surface area contributed by atoms with Crippen molar-refractivity contribution in [3.05, 3.63) is 72.3 Å². The molecule has 4 nitrogen and oxygen atoms in total. The van der Waals surface area contributed by atoms with Crippen molar-refractivity contribution in [2.45, 2.75) is 31.5 Å². The summed E-state index contributed by atoms with van der Waals surface area (Å²) in [5.41, 5.74) is 1.09. The molecule has 3 aromatic carbocycles. The topological polar surface area (TPSA) is 38.8 Å². The van der Waals surface area contributed by atoms with Crippen LogP contribution in [0.25, 0.3) is 10.8 Å². The highest BCUT2D eigenvalue weighted by molar-refractivity contribution is 5.89. The van der Waals surface area contributed by atoms with Gasteiger partial charge in [-0.15, -0.1) is 0 Å². The minimum Gasteiger partial charge on any atom is -0.462 e. The molecule has 0 aromatic heterocycles. The van der Waals surface area contributed by atoms with E-state index in [1.807, 2.05) is 37.3 Å². The predicted molar refractivity (Wildman–Crippen MR) is 105 cm³/mol. The molecule has 1 saturated heterocycles. The lowest BCUT2D eigenvalue weighted by atomic mass is 10.00. The minimum absolute atomic E-state index is 0.0719. The highest BCUT2D eigenvalue weighted by atomic mass is 16.6. The molecule has 2 aliphatic heterocycles. The van der Waals surface area contributed by atoms with Crippen LogP contribution in [0.4, 0.5) is 5.69 Å². The van der Waals surface area contributed by atoms with E-state index in [1.165, 1.54) is 16.3 Å². The van der Waals surface area contributed by atoms with Crippen LogP contribution in [0.2, 0.25) is 0 Å². The van der Waals surface area contributed by atoms with E-state index in [-0.39, 0.29) is 12.0 Å². The maximum Gasteiger partial charge on any atom is 0.372 e. The average molecular weight is 359 g/mol. The number of ether oxygens (including phenoxy) is 2. The van der Waals surface area contributed by atoms with E-state index in [9.17, 15) is 4.79 Å². The highest BCUT2D eigenvalue weighted by Gasteiger charge is 2.60. The first-order valence-electron chi connectivity index (χ1n) is 9.46. The first-order valence-corrected chi connectivity index (χ1v) is 9.46. The number of nitrogens with zero attached hydrogens (tertiary/aromatic N) is 1. The average Bonchev–Trinajstić information content (AvgIpc) is 3.23. The molecule has 3 aromatic rings. The molecule has 0 aliphatic carbocycles. The zero-order valence-corrected chi connectivity index (χ0v) is 15.2. The lowest BCUT2D eigenvalue weighted by Gasteiger charge is -2.33. The summed E-state index contributed by atoms with van der Waals surface area (Å²) in [5.74, 6) is 0.445. The largest absolute Gasteiger partial charge is 0.462 e. The van der Waals surface area contributed by atoms with Gasteiger partial charge in [-0.3, -0.25) is 0 Å². The van der Waals surface area contributed by atoms with Crippen molar-refractivity contribution >= 4 is 22.4 Å². The standard InChI is InChI=1S/C23H21NO3/c1-2-26-22(25)23-14-13-19(24(23)20-9-5-6-10-21(20)27-23)18-12-11-16-7-3-4-8-17(16)15-18/h3-12,15,19H,2,13-14H2,1H3/t19-,23-/m1/s1. The van der Waals surface area contributed by atoms with Gasteiger partial charge < -0.3 is 14.4 Å². The molecule has 5 rings (SSSR count). The third-order valence-electron chi connectivity index (χ3n) is 5.61. The number of anilines is 1. The van der Waals surface area contributed by atoms with Crippen molar-refractivity contribution < 1.29 is 14.3 Å². The van der Waals surface area contributed by atoms with Gasteiger partial charge in [-0.25, -0.2) is 4.79 Å². The van der Waals surface area contributed by atoms with Crippen molar-refractivity contribution in [1.82, 2.24) is 0 Å². The van der Waals surface area contributed by atoms with Gasteiger partial charge in [0.2, 0.25) is 0 Å². The summed E-state index contributed by atoms with van der Waals surface area (Å²) < 4.78 is 11.6. The third kappa shape index (κ3) is 2.33. The number of para-hydroxylation sites is 2. The summed E-state index contributed by atoms with van der Waals surface area (Å²) in [4.78, 5) is 15.0. The summed E-state index contributed by atoms with van der Waals surface area (Å²) >= 11 is 0. The van der Waals surface area contributed by atoms with Crippen LogP contribution < -0.4 is 9.64 Å². The molecular formula is C23H21NO3. The van der Waals surface area contributed by atoms with Gasteiger partial charge in [0.25, 0.3) is 5.72 Å². The molecule has 0 radical (unpaired) electrons. The Morgan fingerprint density at radius 2 is 1.89 bits per heavy atom. The van der Waals surface area contributed by atoms with Crippen LogP contribution in [0.15, 0.2) is 66.7 Å². The molecule has 2 heterocycles. The maximum absolute atomic E-state index is 12.9. The summed E-state index contributed by atoms with van der Waals surface area (Å²) in [6.07, 6.45) is 1.45. The number of esters is 1. The molecule has 0 amide bonds. The van der Waals surface area contributed by atoms with E-state index in [4.69, 9.17) is 9.47 Å². The molecule has 0 unspecified atom stereocenters. The Labute approximate surface area is 158 Å². The Bertz CT molecular complexity index is 1030. The van der Waals surface area contributed by atoms with Gasteiger partial charge in [-0.05, 0) is 47.9 Å². The number of carbonyl (C=O) groups excluding carboxylic acids is 1. The lowest BCUT2D eigenvalue weighted by Crippen LogP contribution is -2.53. The molecule has 136 valence electrons. The lowest BCUT2D eigenvalue weighted by molar-refractivity contribution is -0.159. The number of fused-ring (bicyclic) bond motifs is 4. The van der Waals surface area contributed by atoms with Gasteiger partial charge in [0.05, 0.1) is 18.3 Å². The zero-order valence-electron chi connectivity index (χ0n) is 15.2. The van der Waals surface area contributed by atoms with Crippen LogP contribution in [-0.2, 0) is 9.53 Å². The zero-order chi connectivity index (χ0) is 18.4. The first kappa shape index (κ1) is 16.2. The molecule has 1 fully saturated rings. The fourth-order valence-corrected chi connectivity index (χ4v) is 4.44. The van der Waals surface area contributed by atoms with E-state index in [0.717, 1.165) is 17.9 Å². The SMILES string of the molecule is CCOC(=O)[C@]12CC[C@H](c3ccc4ccccc4c3)N1c1ccccc1O2. The molecule has 2 atom stereocenters. The van der Waals surface area contributed by atoms with Crippen molar-refractivity contribution in [3.63, 3.8) is 0 Å². The summed E-state index contributed by atoms with van der Waals surface area (Å²) in [5, 5.41) is 2.42. The van der Waals surface area contributed by atoms with Gasteiger partial charge in [0.1, 0.15) is 5.75 Å². The summed E-state index contributed by atoms with van der Waals surface area (Å²) in [7, 11) is 0. The van der Waals surface area contributed by atoms with Gasteiger partial charge in [-0.2, -0.15) is 0 Å². The van der Waals surface area contributed by atoms with E-state index >= 15 is 0 Å². The van der Waals surface area contributed by atoms with Crippen LogP contribution in [0.5, 0.6) is 5.75 Å². The second-order valence-corrected chi connectivity index (χ2v) is 7.11. The molecule has 0 N–H and O–H groups in total.